The summed E-state index contributed by atoms with van der Waals surface area (Å²) in [5, 5.41) is 3.08. The largest absolute Gasteiger partial charge is 0.466 e. The highest BCUT2D eigenvalue weighted by molar-refractivity contribution is 6.28. The fourth-order valence-electron chi connectivity index (χ4n) is 3.84. The molecule has 3 saturated carbocycles. The zero-order valence-electron chi connectivity index (χ0n) is 12.4. The van der Waals surface area contributed by atoms with Gasteiger partial charge in [0.25, 0.3) is 0 Å². The molecule has 0 spiro atoms. The number of fused-ring (bicyclic) bond motifs is 3. The van der Waals surface area contributed by atoms with E-state index < -0.39 is 5.82 Å². The molecule has 3 fully saturated rings. The van der Waals surface area contributed by atoms with Crippen LogP contribution in [0.4, 0.5) is 10.2 Å². The summed E-state index contributed by atoms with van der Waals surface area (Å²) in [5.41, 5.74) is 0. The van der Waals surface area contributed by atoms with Crippen LogP contribution in [0, 0.1) is 23.6 Å². The number of esters is 1. The summed E-state index contributed by atoms with van der Waals surface area (Å²) in [4.78, 5) is 19.8. The summed E-state index contributed by atoms with van der Waals surface area (Å²) in [7, 11) is 0. The number of ether oxygens (including phenoxy) is 1. The van der Waals surface area contributed by atoms with E-state index >= 15 is 0 Å². The third-order valence-corrected chi connectivity index (χ3v) is 4.98. The van der Waals surface area contributed by atoms with Crippen LogP contribution in [-0.4, -0.2) is 28.6 Å². The molecule has 5 nitrogen and oxygen atoms in total. The summed E-state index contributed by atoms with van der Waals surface area (Å²) in [5.74, 6) is -0.328. The van der Waals surface area contributed by atoms with Crippen molar-refractivity contribution in [3.63, 3.8) is 0 Å². The van der Waals surface area contributed by atoms with Crippen LogP contribution in [0.2, 0.25) is 5.28 Å². The molecule has 1 aromatic heterocycles. The molecule has 1 N–H and O–H groups in total. The van der Waals surface area contributed by atoms with E-state index in [2.05, 4.69) is 15.3 Å². The Morgan fingerprint density at radius 3 is 2.77 bits per heavy atom. The highest BCUT2D eigenvalue weighted by Gasteiger charge is 2.48. The van der Waals surface area contributed by atoms with E-state index in [-0.39, 0.29) is 29.0 Å². The minimum atomic E-state index is -0.562. The van der Waals surface area contributed by atoms with Gasteiger partial charge in [0.2, 0.25) is 5.28 Å². The van der Waals surface area contributed by atoms with Gasteiger partial charge in [-0.1, -0.05) is 0 Å². The molecule has 0 aromatic carbocycles. The van der Waals surface area contributed by atoms with Crippen LogP contribution in [0.1, 0.15) is 32.6 Å². The molecule has 4 rings (SSSR count). The van der Waals surface area contributed by atoms with Crippen molar-refractivity contribution in [3.8, 4) is 0 Å². The van der Waals surface area contributed by atoms with Crippen LogP contribution in [0.3, 0.4) is 0 Å². The van der Waals surface area contributed by atoms with Crippen LogP contribution in [0.5, 0.6) is 0 Å². The van der Waals surface area contributed by atoms with Gasteiger partial charge in [-0.3, -0.25) is 4.79 Å². The van der Waals surface area contributed by atoms with Crippen LogP contribution in [-0.2, 0) is 9.53 Å². The second-order valence-electron chi connectivity index (χ2n) is 5.96. The number of nitrogens with one attached hydrogen (secondary N) is 1. The van der Waals surface area contributed by atoms with Crippen molar-refractivity contribution < 1.29 is 13.9 Å². The van der Waals surface area contributed by atoms with Gasteiger partial charge in [0.05, 0.1) is 18.7 Å². The van der Waals surface area contributed by atoms with Crippen molar-refractivity contribution in [1.82, 2.24) is 9.97 Å². The maximum atomic E-state index is 13.9. The summed E-state index contributed by atoms with van der Waals surface area (Å²) in [6.07, 6.45) is 5.17. The Morgan fingerprint density at radius 2 is 2.09 bits per heavy atom. The first-order valence-electron chi connectivity index (χ1n) is 7.71. The van der Waals surface area contributed by atoms with Crippen LogP contribution >= 0.6 is 11.6 Å². The third-order valence-electron chi connectivity index (χ3n) is 4.80. The van der Waals surface area contributed by atoms with E-state index in [1.165, 1.54) is 0 Å². The normalized spacial score (nSPS) is 30.1. The molecule has 3 aliphatic rings. The number of rotatable bonds is 4. The topological polar surface area (TPSA) is 64.1 Å². The predicted molar refractivity (Wildman–Crippen MR) is 80.0 cm³/mol. The molecular weight excluding hydrogens is 309 g/mol. The first-order valence-corrected chi connectivity index (χ1v) is 8.09. The van der Waals surface area contributed by atoms with Gasteiger partial charge in [-0.05, 0) is 56.0 Å². The third kappa shape index (κ3) is 2.89. The number of hydrogen-bond acceptors (Lipinski definition) is 5. The lowest BCUT2D eigenvalue weighted by Gasteiger charge is -2.47. The van der Waals surface area contributed by atoms with Gasteiger partial charge in [-0.25, -0.2) is 9.37 Å². The highest BCUT2D eigenvalue weighted by atomic mass is 35.5. The Hall–Kier alpha value is -1.43. The second-order valence-corrected chi connectivity index (χ2v) is 6.30. The quantitative estimate of drug-likeness (QED) is 0.680. The summed E-state index contributed by atoms with van der Waals surface area (Å²) in [6.45, 7) is 2.15. The van der Waals surface area contributed by atoms with E-state index in [0.717, 1.165) is 31.9 Å². The first kappa shape index (κ1) is 15.5. The number of carbonyl (C=O) groups excluding carboxylic acids is 1. The predicted octanol–water partition coefficient (Wildman–Crippen LogP) is 3.05. The molecule has 0 radical (unpaired) electrons. The Morgan fingerprint density at radius 1 is 1.41 bits per heavy atom. The number of halogens is 2. The van der Waals surface area contributed by atoms with E-state index in [1.807, 2.05) is 0 Å². The van der Waals surface area contributed by atoms with Crippen molar-refractivity contribution in [2.24, 2.45) is 17.8 Å². The minimum Gasteiger partial charge on any atom is -0.466 e. The van der Waals surface area contributed by atoms with E-state index in [0.29, 0.717) is 18.4 Å². The standard InChI is InChI=1S/C15H19ClFN3O2/c1-2-22-14(21)11-8-3-5-9(6-4-8)12(11)19-13-10(17)7-18-15(16)20-13/h7-9,11-12H,2-6H2,1H3,(H,18,19,20). The van der Waals surface area contributed by atoms with E-state index in [9.17, 15) is 9.18 Å². The Labute approximate surface area is 133 Å². The summed E-state index contributed by atoms with van der Waals surface area (Å²) < 4.78 is 19.1. The molecule has 2 unspecified atom stereocenters. The molecule has 7 heteroatoms. The average molecular weight is 328 g/mol. The molecule has 120 valence electrons. The van der Waals surface area contributed by atoms with E-state index in [1.54, 1.807) is 6.92 Å². The molecular formula is C15H19ClFN3O2. The van der Waals surface area contributed by atoms with Crippen molar-refractivity contribution in [3.05, 3.63) is 17.3 Å². The molecule has 3 aliphatic carbocycles. The van der Waals surface area contributed by atoms with Crippen molar-refractivity contribution in [2.45, 2.75) is 38.6 Å². The Kier molecular flexibility index (Phi) is 4.47. The van der Waals surface area contributed by atoms with E-state index in [4.69, 9.17) is 16.3 Å². The zero-order chi connectivity index (χ0) is 15.7. The lowest BCUT2D eigenvalue weighted by Crippen LogP contribution is -2.52. The summed E-state index contributed by atoms with van der Waals surface area (Å²) >= 11 is 5.74. The average Bonchev–Trinajstić information content (AvgIpc) is 2.52. The molecule has 0 aliphatic heterocycles. The second kappa shape index (κ2) is 6.36. The molecule has 1 aromatic rings. The fourth-order valence-corrected chi connectivity index (χ4v) is 3.97. The van der Waals surface area contributed by atoms with Gasteiger partial charge in [-0.15, -0.1) is 0 Å². The number of nitrogens with zero attached hydrogens (tertiary/aromatic N) is 2. The molecule has 2 bridgehead atoms. The van der Waals surface area contributed by atoms with Crippen molar-refractivity contribution >= 4 is 23.4 Å². The number of aromatic nitrogens is 2. The first-order chi connectivity index (χ1) is 10.6. The molecule has 2 atom stereocenters. The van der Waals surface area contributed by atoms with Crippen molar-refractivity contribution in [2.75, 3.05) is 11.9 Å². The number of carbonyl (C=O) groups is 1. The number of anilines is 1. The highest BCUT2D eigenvalue weighted by Crippen LogP contribution is 2.46. The fraction of sp³-hybridized carbons (Fsp3) is 0.667. The lowest BCUT2D eigenvalue weighted by molar-refractivity contribution is -0.154. The smallest absolute Gasteiger partial charge is 0.311 e. The maximum Gasteiger partial charge on any atom is 0.311 e. The molecule has 22 heavy (non-hydrogen) atoms. The number of hydrogen-bond donors (Lipinski definition) is 1. The monoisotopic (exact) mass is 327 g/mol. The Bertz CT molecular complexity index is 564. The summed E-state index contributed by atoms with van der Waals surface area (Å²) in [6, 6.07) is -0.160. The molecule has 0 amide bonds. The van der Waals surface area contributed by atoms with Gasteiger partial charge in [0.15, 0.2) is 11.6 Å². The SMILES string of the molecule is CCOC(=O)C1C2CCC(CC2)C1Nc1nc(Cl)ncc1F. The van der Waals surface area contributed by atoms with Crippen LogP contribution in [0.25, 0.3) is 0 Å². The molecule has 0 saturated heterocycles. The van der Waals surface area contributed by atoms with Gasteiger partial charge in [0.1, 0.15) is 0 Å². The van der Waals surface area contributed by atoms with Gasteiger partial charge in [-0.2, -0.15) is 4.98 Å². The van der Waals surface area contributed by atoms with Crippen LogP contribution in [0.15, 0.2) is 6.20 Å². The van der Waals surface area contributed by atoms with Gasteiger partial charge >= 0.3 is 5.97 Å². The molecule has 1 heterocycles. The van der Waals surface area contributed by atoms with Crippen LogP contribution < -0.4 is 5.32 Å². The minimum absolute atomic E-state index is 0.0162. The maximum absolute atomic E-state index is 13.9. The van der Waals surface area contributed by atoms with Gasteiger partial charge < -0.3 is 10.1 Å². The zero-order valence-corrected chi connectivity index (χ0v) is 13.1. The van der Waals surface area contributed by atoms with Gasteiger partial charge in [0, 0.05) is 6.04 Å². The van der Waals surface area contributed by atoms with Crippen molar-refractivity contribution in [1.29, 1.82) is 0 Å². The Balaban J connectivity index is 1.85. The lowest BCUT2D eigenvalue weighted by atomic mass is 9.61.